The van der Waals surface area contributed by atoms with Crippen LogP contribution in [-0.2, 0) is 6.54 Å². The first kappa shape index (κ1) is 23.2. The summed E-state index contributed by atoms with van der Waals surface area (Å²) in [5.41, 5.74) is 1.00. The number of hydrogen-bond donors (Lipinski definition) is 2. The van der Waals surface area contributed by atoms with Crippen molar-refractivity contribution in [1.29, 1.82) is 0 Å². The molecule has 2 N–H and O–H groups in total. The molecule has 0 aliphatic carbocycles. The molecular weight excluding hydrogens is 441 g/mol. The van der Waals surface area contributed by atoms with E-state index in [1.165, 1.54) is 12.8 Å². The van der Waals surface area contributed by atoms with Gasteiger partial charge in [0.15, 0.2) is 5.96 Å². The number of oxazole rings is 1. The van der Waals surface area contributed by atoms with Crippen LogP contribution in [-0.4, -0.2) is 48.1 Å². The van der Waals surface area contributed by atoms with Crippen molar-refractivity contribution in [2.24, 2.45) is 10.9 Å². The minimum atomic E-state index is 0. The molecule has 1 atom stereocenters. The second-order valence-corrected chi connectivity index (χ2v) is 7.14. The van der Waals surface area contributed by atoms with E-state index in [1.54, 1.807) is 0 Å². The minimum Gasteiger partial charge on any atom is -0.444 e. The average Bonchev–Trinajstić information content (AvgIpc) is 2.91. The van der Waals surface area contributed by atoms with Gasteiger partial charge in [0, 0.05) is 19.1 Å². The summed E-state index contributed by atoms with van der Waals surface area (Å²) in [6, 6.07) is 0.451. The van der Waals surface area contributed by atoms with Crippen molar-refractivity contribution >= 4 is 29.9 Å². The summed E-state index contributed by atoms with van der Waals surface area (Å²) in [5, 5.41) is 6.81. The number of rotatable bonds is 7. The van der Waals surface area contributed by atoms with Gasteiger partial charge in [-0.05, 0) is 66.0 Å². The molecule has 0 amide bonds. The fourth-order valence-electron chi connectivity index (χ4n) is 3.00. The number of nitrogens with one attached hydrogen (secondary N) is 2. The molecule has 1 fully saturated rings. The van der Waals surface area contributed by atoms with Gasteiger partial charge in [-0.25, -0.2) is 4.98 Å². The van der Waals surface area contributed by atoms with Crippen LogP contribution in [0.5, 0.6) is 0 Å². The first-order valence-electron chi connectivity index (χ1n) is 9.71. The summed E-state index contributed by atoms with van der Waals surface area (Å²) in [6.45, 7) is 15.3. The van der Waals surface area contributed by atoms with E-state index in [4.69, 9.17) is 9.41 Å². The van der Waals surface area contributed by atoms with E-state index in [2.05, 4.69) is 41.3 Å². The number of nitrogens with zero attached hydrogens (tertiary/aromatic N) is 3. The van der Waals surface area contributed by atoms with Crippen LogP contribution >= 0.6 is 24.0 Å². The largest absolute Gasteiger partial charge is 0.444 e. The summed E-state index contributed by atoms with van der Waals surface area (Å²) in [5.74, 6) is 3.39. The molecule has 0 spiro atoms. The Balaban J connectivity index is 0.00000338. The first-order valence-corrected chi connectivity index (χ1v) is 9.71. The summed E-state index contributed by atoms with van der Waals surface area (Å²) in [4.78, 5) is 11.7. The van der Waals surface area contributed by atoms with E-state index < -0.39 is 0 Å². The van der Waals surface area contributed by atoms with Gasteiger partial charge in [0.05, 0.1) is 12.2 Å². The molecular formula is C19H36IN5O. The maximum atomic E-state index is 5.71. The highest BCUT2D eigenvalue weighted by molar-refractivity contribution is 14.0. The van der Waals surface area contributed by atoms with Crippen LogP contribution in [0.1, 0.15) is 57.4 Å². The zero-order chi connectivity index (χ0) is 18.2. The zero-order valence-corrected chi connectivity index (χ0v) is 19.3. The summed E-state index contributed by atoms with van der Waals surface area (Å²) in [6.07, 6.45) is 3.47. The topological polar surface area (TPSA) is 65.7 Å². The fourth-order valence-corrected chi connectivity index (χ4v) is 3.00. The molecule has 0 aromatic carbocycles. The molecule has 0 saturated carbocycles. The number of likely N-dealkylation sites (tertiary alicyclic amines) is 1. The van der Waals surface area contributed by atoms with Crippen molar-refractivity contribution in [2.45, 2.75) is 66.5 Å². The normalized spacial score (nSPS) is 17.7. The van der Waals surface area contributed by atoms with E-state index in [1.807, 2.05) is 13.8 Å². The molecule has 7 heteroatoms. The van der Waals surface area contributed by atoms with Gasteiger partial charge in [0.2, 0.25) is 5.89 Å². The van der Waals surface area contributed by atoms with Crippen LogP contribution in [0.25, 0.3) is 0 Å². The van der Waals surface area contributed by atoms with Gasteiger partial charge in [-0.1, -0.05) is 6.92 Å². The third-order valence-electron chi connectivity index (χ3n) is 4.99. The van der Waals surface area contributed by atoms with Gasteiger partial charge in [-0.15, -0.1) is 24.0 Å². The molecule has 0 radical (unpaired) electrons. The highest BCUT2D eigenvalue weighted by Gasteiger charge is 2.21. The van der Waals surface area contributed by atoms with Crippen molar-refractivity contribution in [3.05, 3.63) is 17.3 Å². The Kier molecular flexibility index (Phi) is 10.5. The van der Waals surface area contributed by atoms with E-state index >= 15 is 0 Å². The highest BCUT2D eigenvalue weighted by Crippen LogP contribution is 2.20. The number of aromatic nitrogens is 1. The Morgan fingerprint density at radius 1 is 1.31 bits per heavy atom. The van der Waals surface area contributed by atoms with E-state index in [0.717, 1.165) is 62.4 Å². The van der Waals surface area contributed by atoms with Gasteiger partial charge in [0.1, 0.15) is 5.76 Å². The number of aliphatic imine (C=N–C) groups is 1. The first-order chi connectivity index (χ1) is 12.0. The van der Waals surface area contributed by atoms with Crippen molar-refractivity contribution in [1.82, 2.24) is 20.5 Å². The Bertz CT molecular complexity index is 533. The number of hydrogen-bond acceptors (Lipinski definition) is 4. The van der Waals surface area contributed by atoms with E-state index in [9.17, 15) is 0 Å². The Morgan fingerprint density at radius 2 is 2.00 bits per heavy atom. The van der Waals surface area contributed by atoms with Gasteiger partial charge in [-0.3, -0.25) is 9.89 Å². The smallest absolute Gasteiger partial charge is 0.208 e. The zero-order valence-electron chi connectivity index (χ0n) is 17.0. The van der Waals surface area contributed by atoms with Crippen molar-refractivity contribution in [3.8, 4) is 0 Å². The second kappa shape index (κ2) is 11.8. The van der Waals surface area contributed by atoms with Crippen molar-refractivity contribution < 1.29 is 4.42 Å². The maximum Gasteiger partial charge on any atom is 0.208 e. The molecule has 1 aliphatic heterocycles. The lowest BCUT2D eigenvalue weighted by Gasteiger charge is -2.30. The SMILES string of the molecule is CCNC(=NCC1CCN(Cc2nc(C)c(C)o2)CC1)NC(C)CC.I. The molecule has 1 aliphatic rings. The minimum absolute atomic E-state index is 0. The monoisotopic (exact) mass is 477 g/mol. The van der Waals surface area contributed by atoms with Crippen LogP contribution in [0.4, 0.5) is 0 Å². The molecule has 2 rings (SSSR count). The van der Waals surface area contributed by atoms with Crippen molar-refractivity contribution in [2.75, 3.05) is 26.2 Å². The standard InChI is InChI=1S/C19H35N5O.HI/c1-6-14(3)22-19(20-7-2)21-12-17-8-10-24(11-9-17)13-18-23-15(4)16(5)25-18;/h14,17H,6-13H2,1-5H3,(H2,20,21,22);1H. The number of piperidine rings is 1. The molecule has 26 heavy (non-hydrogen) atoms. The molecule has 1 aromatic rings. The predicted molar refractivity (Wildman–Crippen MR) is 118 cm³/mol. The molecule has 2 heterocycles. The molecule has 150 valence electrons. The lowest BCUT2D eigenvalue weighted by Crippen LogP contribution is -2.42. The third-order valence-corrected chi connectivity index (χ3v) is 4.99. The lowest BCUT2D eigenvalue weighted by atomic mass is 9.97. The number of guanidine groups is 1. The Labute approximate surface area is 175 Å². The fraction of sp³-hybridized carbons (Fsp3) is 0.789. The lowest BCUT2D eigenvalue weighted by molar-refractivity contribution is 0.166. The Hall–Kier alpha value is -0.830. The molecule has 1 saturated heterocycles. The Morgan fingerprint density at radius 3 is 2.54 bits per heavy atom. The van der Waals surface area contributed by atoms with E-state index in [-0.39, 0.29) is 24.0 Å². The predicted octanol–water partition coefficient (Wildman–Crippen LogP) is 3.48. The van der Waals surface area contributed by atoms with Gasteiger partial charge >= 0.3 is 0 Å². The van der Waals surface area contributed by atoms with Crippen LogP contribution < -0.4 is 10.6 Å². The second-order valence-electron chi connectivity index (χ2n) is 7.14. The molecule has 1 aromatic heterocycles. The van der Waals surface area contributed by atoms with Crippen LogP contribution in [0.2, 0.25) is 0 Å². The summed E-state index contributed by atoms with van der Waals surface area (Å²) >= 11 is 0. The van der Waals surface area contributed by atoms with Crippen LogP contribution in [0.3, 0.4) is 0 Å². The van der Waals surface area contributed by atoms with Gasteiger partial charge < -0.3 is 15.1 Å². The molecule has 6 nitrogen and oxygen atoms in total. The maximum absolute atomic E-state index is 5.71. The summed E-state index contributed by atoms with van der Waals surface area (Å²) in [7, 11) is 0. The number of aryl methyl sites for hydroxylation is 2. The third kappa shape index (κ3) is 7.42. The van der Waals surface area contributed by atoms with Crippen LogP contribution in [0.15, 0.2) is 9.41 Å². The summed E-state index contributed by atoms with van der Waals surface area (Å²) < 4.78 is 5.71. The molecule has 1 unspecified atom stereocenters. The van der Waals surface area contributed by atoms with Gasteiger partial charge in [-0.2, -0.15) is 0 Å². The highest BCUT2D eigenvalue weighted by atomic mass is 127. The quantitative estimate of drug-likeness (QED) is 0.358. The van der Waals surface area contributed by atoms with Crippen molar-refractivity contribution in [3.63, 3.8) is 0 Å². The average molecular weight is 477 g/mol. The number of halogens is 1. The van der Waals surface area contributed by atoms with Gasteiger partial charge in [0.25, 0.3) is 0 Å². The van der Waals surface area contributed by atoms with E-state index in [0.29, 0.717) is 12.0 Å². The van der Waals surface area contributed by atoms with Crippen LogP contribution in [0, 0.1) is 19.8 Å². The molecule has 0 bridgehead atoms.